The first-order chi connectivity index (χ1) is 9.74. The molecule has 0 spiro atoms. The lowest BCUT2D eigenvalue weighted by Gasteiger charge is -2.34. The van der Waals surface area contributed by atoms with Crippen molar-refractivity contribution in [1.29, 1.82) is 0 Å². The fourth-order valence-electron chi connectivity index (χ4n) is 2.55. The third-order valence-electron chi connectivity index (χ3n) is 3.71. The number of ether oxygens (including phenoxy) is 1. The van der Waals surface area contributed by atoms with Gasteiger partial charge in [0.1, 0.15) is 0 Å². The number of guanidine groups is 1. The SMILES string of the molecule is CCOC1CCN(C(=NC)NCc2ccnn2C)CC1. The van der Waals surface area contributed by atoms with E-state index in [1.165, 1.54) is 0 Å². The van der Waals surface area contributed by atoms with Crippen molar-refractivity contribution < 1.29 is 4.74 Å². The fourth-order valence-corrected chi connectivity index (χ4v) is 2.55. The van der Waals surface area contributed by atoms with Gasteiger partial charge in [0.2, 0.25) is 0 Å². The maximum atomic E-state index is 5.68. The Hall–Kier alpha value is -1.56. The summed E-state index contributed by atoms with van der Waals surface area (Å²) in [6.07, 6.45) is 4.36. The molecule has 1 fully saturated rings. The molecule has 1 aliphatic heterocycles. The smallest absolute Gasteiger partial charge is 0.193 e. The maximum absolute atomic E-state index is 5.68. The van der Waals surface area contributed by atoms with Crippen LogP contribution in [0.3, 0.4) is 0 Å². The molecule has 1 saturated heterocycles. The molecule has 6 nitrogen and oxygen atoms in total. The molecule has 0 unspecified atom stereocenters. The van der Waals surface area contributed by atoms with Gasteiger partial charge in [-0.15, -0.1) is 0 Å². The van der Waals surface area contributed by atoms with Crippen LogP contribution in [0, 0.1) is 0 Å². The number of aliphatic imine (C=N–C) groups is 1. The highest BCUT2D eigenvalue weighted by atomic mass is 16.5. The molecule has 1 N–H and O–H groups in total. The zero-order valence-corrected chi connectivity index (χ0v) is 12.7. The van der Waals surface area contributed by atoms with E-state index in [-0.39, 0.29) is 0 Å². The number of aryl methyl sites for hydroxylation is 1. The van der Waals surface area contributed by atoms with Crippen molar-refractivity contribution in [2.45, 2.75) is 32.4 Å². The van der Waals surface area contributed by atoms with Gasteiger partial charge < -0.3 is 15.0 Å². The first kappa shape index (κ1) is 14.8. The van der Waals surface area contributed by atoms with Crippen LogP contribution < -0.4 is 5.32 Å². The van der Waals surface area contributed by atoms with Crippen molar-refractivity contribution in [3.63, 3.8) is 0 Å². The molecule has 0 radical (unpaired) electrons. The Balaban J connectivity index is 1.83. The number of nitrogens with zero attached hydrogens (tertiary/aromatic N) is 4. The van der Waals surface area contributed by atoms with Crippen LogP contribution in [0.15, 0.2) is 17.3 Å². The average molecular weight is 279 g/mol. The zero-order valence-electron chi connectivity index (χ0n) is 12.7. The van der Waals surface area contributed by atoms with Crippen LogP contribution in [0.25, 0.3) is 0 Å². The number of aromatic nitrogens is 2. The molecule has 1 aromatic heterocycles. The Labute approximate surface area is 120 Å². The minimum absolute atomic E-state index is 0.409. The highest BCUT2D eigenvalue weighted by Gasteiger charge is 2.21. The quantitative estimate of drug-likeness (QED) is 0.660. The average Bonchev–Trinajstić information content (AvgIpc) is 2.87. The van der Waals surface area contributed by atoms with Crippen LogP contribution in [0.4, 0.5) is 0 Å². The van der Waals surface area contributed by atoms with Crippen molar-refractivity contribution >= 4 is 5.96 Å². The Morgan fingerprint density at radius 2 is 2.25 bits per heavy atom. The summed E-state index contributed by atoms with van der Waals surface area (Å²) in [6, 6.07) is 2.02. The Bertz CT molecular complexity index is 435. The molecular weight excluding hydrogens is 254 g/mol. The second kappa shape index (κ2) is 7.28. The molecule has 1 aliphatic rings. The number of likely N-dealkylation sites (tertiary alicyclic amines) is 1. The monoisotopic (exact) mass is 279 g/mol. The van der Waals surface area contributed by atoms with Gasteiger partial charge in [-0.25, -0.2) is 0 Å². The zero-order chi connectivity index (χ0) is 14.4. The number of hydrogen-bond donors (Lipinski definition) is 1. The highest BCUT2D eigenvalue weighted by molar-refractivity contribution is 5.79. The largest absolute Gasteiger partial charge is 0.378 e. The molecule has 0 amide bonds. The first-order valence-corrected chi connectivity index (χ1v) is 7.28. The van der Waals surface area contributed by atoms with Gasteiger partial charge in [0.05, 0.1) is 18.3 Å². The lowest BCUT2D eigenvalue weighted by Crippen LogP contribution is -2.46. The third kappa shape index (κ3) is 3.72. The van der Waals surface area contributed by atoms with Crippen molar-refractivity contribution in [2.24, 2.45) is 12.0 Å². The van der Waals surface area contributed by atoms with E-state index in [0.29, 0.717) is 6.10 Å². The Kier molecular flexibility index (Phi) is 5.40. The number of rotatable bonds is 4. The molecule has 0 aromatic carbocycles. The van der Waals surface area contributed by atoms with Gasteiger partial charge in [-0.3, -0.25) is 9.67 Å². The summed E-state index contributed by atoms with van der Waals surface area (Å²) in [4.78, 5) is 6.67. The molecule has 6 heteroatoms. The first-order valence-electron chi connectivity index (χ1n) is 7.28. The molecule has 112 valence electrons. The van der Waals surface area contributed by atoms with E-state index in [0.717, 1.165) is 50.7 Å². The van der Waals surface area contributed by atoms with E-state index in [1.54, 1.807) is 0 Å². The lowest BCUT2D eigenvalue weighted by atomic mass is 10.1. The van der Waals surface area contributed by atoms with Gasteiger partial charge in [-0.05, 0) is 25.8 Å². The summed E-state index contributed by atoms with van der Waals surface area (Å²) in [5.41, 5.74) is 1.15. The number of hydrogen-bond acceptors (Lipinski definition) is 3. The summed E-state index contributed by atoms with van der Waals surface area (Å²) in [5.74, 6) is 0.959. The molecule has 0 saturated carbocycles. The van der Waals surface area contributed by atoms with Crippen molar-refractivity contribution in [3.05, 3.63) is 18.0 Å². The fraction of sp³-hybridized carbons (Fsp3) is 0.714. The second-order valence-corrected chi connectivity index (χ2v) is 4.99. The van der Waals surface area contributed by atoms with Gasteiger partial charge in [0, 0.05) is 40.0 Å². The molecule has 1 aromatic rings. The standard InChI is InChI=1S/C14H25N5O/c1-4-20-13-6-9-19(10-7-13)14(15-2)16-11-12-5-8-17-18(12)3/h5,8,13H,4,6-7,9-11H2,1-3H3,(H,15,16). The van der Waals surface area contributed by atoms with Crippen molar-refractivity contribution in [1.82, 2.24) is 20.0 Å². The van der Waals surface area contributed by atoms with Gasteiger partial charge >= 0.3 is 0 Å². The van der Waals surface area contributed by atoms with Crippen LogP contribution in [0.5, 0.6) is 0 Å². The maximum Gasteiger partial charge on any atom is 0.193 e. The molecule has 0 bridgehead atoms. The molecule has 0 aliphatic carbocycles. The van der Waals surface area contributed by atoms with E-state index in [4.69, 9.17) is 4.74 Å². The molecule has 0 atom stereocenters. The number of nitrogens with one attached hydrogen (secondary N) is 1. The third-order valence-corrected chi connectivity index (χ3v) is 3.71. The van der Waals surface area contributed by atoms with Crippen molar-refractivity contribution in [3.8, 4) is 0 Å². The number of piperidine rings is 1. The normalized spacial score (nSPS) is 17.6. The molecule has 2 heterocycles. The Morgan fingerprint density at radius 1 is 1.50 bits per heavy atom. The summed E-state index contributed by atoms with van der Waals surface area (Å²) < 4.78 is 7.56. The van der Waals surface area contributed by atoms with Gasteiger partial charge in [0.15, 0.2) is 5.96 Å². The summed E-state index contributed by atoms with van der Waals surface area (Å²) in [6.45, 7) is 5.60. The summed E-state index contributed by atoms with van der Waals surface area (Å²) >= 11 is 0. The molecular formula is C14H25N5O. The van der Waals surface area contributed by atoms with Crippen molar-refractivity contribution in [2.75, 3.05) is 26.7 Å². The van der Waals surface area contributed by atoms with Crippen LogP contribution in [0.2, 0.25) is 0 Å². The summed E-state index contributed by atoms with van der Waals surface area (Å²) in [5, 5.41) is 7.57. The lowest BCUT2D eigenvalue weighted by molar-refractivity contribution is 0.0263. The van der Waals surface area contributed by atoms with Crippen LogP contribution in [0.1, 0.15) is 25.5 Å². The predicted octanol–water partition coefficient (Wildman–Crippen LogP) is 0.996. The van der Waals surface area contributed by atoms with E-state index in [9.17, 15) is 0 Å². The van der Waals surface area contributed by atoms with Crippen LogP contribution in [-0.4, -0.2) is 53.5 Å². The van der Waals surface area contributed by atoms with Gasteiger partial charge in [-0.2, -0.15) is 5.10 Å². The van der Waals surface area contributed by atoms with E-state index in [2.05, 4.69) is 27.2 Å². The molecule has 20 heavy (non-hydrogen) atoms. The minimum atomic E-state index is 0.409. The Morgan fingerprint density at radius 3 is 2.80 bits per heavy atom. The van der Waals surface area contributed by atoms with E-state index < -0.39 is 0 Å². The van der Waals surface area contributed by atoms with Gasteiger partial charge in [0.25, 0.3) is 0 Å². The molecule has 2 rings (SSSR count). The van der Waals surface area contributed by atoms with Crippen LogP contribution >= 0.6 is 0 Å². The topological polar surface area (TPSA) is 54.7 Å². The minimum Gasteiger partial charge on any atom is -0.378 e. The van der Waals surface area contributed by atoms with Crippen LogP contribution in [-0.2, 0) is 18.3 Å². The highest BCUT2D eigenvalue weighted by Crippen LogP contribution is 2.13. The van der Waals surface area contributed by atoms with E-state index in [1.807, 2.05) is 31.0 Å². The predicted molar refractivity (Wildman–Crippen MR) is 79.6 cm³/mol. The summed E-state index contributed by atoms with van der Waals surface area (Å²) in [7, 11) is 3.79. The van der Waals surface area contributed by atoms with E-state index >= 15 is 0 Å². The van der Waals surface area contributed by atoms with Gasteiger partial charge in [-0.1, -0.05) is 0 Å². The second-order valence-electron chi connectivity index (χ2n) is 4.99.